The summed E-state index contributed by atoms with van der Waals surface area (Å²) in [6.07, 6.45) is 3.64. The van der Waals surface area contributed by atoms with Gasteiger partial charge in [0.2, 0.25) is 0 Å². The molecule has 1 heterocycles. The molecule has 0 fully saturated rings. The van der Waals surface area contributed by atoms with E-state index in [0.29, 0.717) is 5.75 Å². The predicted octanol–water partition coefficient (Wildman–Crippen LogP) is 5.00. The molecule has 4 nitrogen and oxygen atoms in total. The summed E-state index contributed by atoms with van der Waals surface area (Å²) in [6.45, 7) is -0.0158. The van der Waals surface area contributed by atoms with Crippen LogP contribution in [-0.2, 0) is 10.5 Å². The van der Waals surface area contributed by atoms with Crippen molar-refractivity contribution in [1.82, 2.24) is 4.98 Å². The van der Waals surface area contributed by atoms with E-state index >= 15 is 0 Å². The topological polar surface area (TPSA) is 51.2 Å². The molecule has 0 bridgehead atoms. The molecule has 3 rings (SSSR count). The van der Waals surface area contributed by atoms with E-state index in [4.69, 9.17) is 4.74 Å². The number of hydrogen-bond acceptors (Lipinski definition) is 4. The number of hydrogen-bond donors (Lipinski definition) is 1. The maximum Gasteiger partial charge on any atom is 0.262 e. The molecule has 132 valence electrons. The number of carbonyl (C=O) groups excluding carboxylic acids is 1. The van der Waals surface area contributed by atoms with Crippen LogP contribution in [0.4, 0.5) is 5.69 Å². The van der Waals surface area contributed by atoms with Crippen LogP contribution in [0.3, 0.4) is 0 Å². The SMILES string of the molecule is O=C(COc1ccc(I)cc1)Nc1ccc(SCc2cccnc2)cc1. The standard InChI is InChI=1S/C20H17IN2O2S/c21-16-3-7-18(8-4-16)25-13-20(24)23-17-5-9-19(10-6-17)26-14-15-2-1-11-22-12-15/h1-12H,13-14H2,(H,23,24). The average Bonchev–Trinajstić information content (AvgIpc) is 2.68. The van der Waals surface area contributed by atoms with Crippen LogP contribution in [0.5, 0.6) is 5.75 Å². The fourth-order valence-electron chi connectivity index (χ4n) is 2.16. The summed E-state index contributed by atoms with van der Waals surface area (Å²) in [5, 5.41) is 2.84. The minimum absolute atomic E-state index is 0.0158. The zero-order chi connectivity index (χ0) is 18.2. The first-order valence-corrected chi connectivity index (χ1v) is 10.1. The van der Waals surface area contributed by atoms with Gasteiger partial charge in [-0.15, -0.1) is 11.8 Å². The highest BCUT2D eigenvalue weighted by atomic mass is 127. The van der Waals surface area contributed by atoms with E-state index in [-0.39, 0.29) is 12.5 Å². The highest BCUT2D eigenvalue weighted by Crippen LogP contribution is 2.24. The molecule has 0 aliphatic heterocycles. The molecule has 6 heteroatoms. The number of thioether (sulfide) groups is 1. The first kappa shape index (κ1) is 18.7. The Kier molecular flexibility index (Phi) is 6.90. The molecule has 2 aromatic carbocycles. The van der Waals surface area contributed by atoms with Gasteiger partial charge in [0.1, 0.15) is 5.75 Å². The van der Waals surface area contributed by atoms with E-state index in [0.717, 1.165) is 19.9 Å². The van der Waals surface area contributed by atoms with Crippen LogP contribution >= 0.6 is 34.4 Å². The lowest BCUT2D eigenvalue weighted by molar-refractivity contribution is -0.118. The molecular weight excluding hydrogens is 459 g/mol. The highest BCUT2D eigenvalue weighted by molar-refractivity contribution is 14.1. The lowest BCUT2D eigenvalue weighted by Crippen LogP contribution is -2.20. The lowest BCUT2D eigenvalue weighted by atomic mass is 10.3. The van der Waals surface area contributed by atoms with Gasteiger partial charge >= 0.3 is 0 Å². The van der Waals surface area contributed by atoms with Gasteiger partial charge < -0.3 is 10.1 Å². The smallest absolute Gasteiger partial charge is 0.262 e. The zero-order valence-corrected chi connectivity index (χ0v) is 16.9. The molecular formula is C20H17IN2O2S. The minimum atomic E-state index is -0.181. The van der Waals surface area contributed by atoms with Crippen molar-refractivity contribution < 1.29 is 9.53 Å². The number of nitrogens with zero attached hydrogens (tertiary/aromatic N) is 1. The van der Waals surface area contributed by atoms with Crippen molar-refractivity contribution in [2.45, 2.75) is 10.6 Å². The minimum Gasteiger partial charge on any atom is -0.484 e. The first-order valence-electron chi connectivity index (χ1n) is 7.99. The Morgan fingerprint density at radius 3 is 2.54 bits per heavy atom. The van der Waals surface area contributed by atoms with Crippen LogP contribution < -0.4 is 10.1 Å². The number of carbonyl (C=O) groups is 1. The number of amides is 1. The first-order chi connectivity index (χ1) is 12.7. The van der Waals surface area contributed by atoms with Crippen LogP contribution in [0.2, 0.25) is 0 Å². The van der Waals surface area contributed by atoms with E-state index in [1.165, 1.54) is 5.56 Å². The largest absolute Gasteiger partial charge is 0.484 e. The maximum absolute atomic E-state index is 12.0. The molecule has 1 aromatic heterocycles. The molecule has 3 aromatic rings. The van der Waals surface area contributed by atoms with E-state index in [2.05, 4.69) is 39.0 Å². The van der Waals surface area contributed by atoms with Crippen molar-refractivity contribution in [3.05, 3.63) is 82.2 Å². The second kappa shape index (κ2) is 9.59. The van der Waals surface area contributed by atoms with Gasteiger partial charge in [0, 0.05) is 32.3 Å². The normalized spacial score (nSPS) is 10.3. The van der Waals surface area contributed by atoms with Crippen molar-refractivity contribution in [2.75, 3.05) is 11.9 Å². The van der Waals surface area contributed by atoms with Crippen molar-refractivity contribution in [1.29, 1.82) is 0 Å². The second-order valence-corrected chi connectivity index (χ2v) is 7.76. The van der Waals surface area contributed by atoms with Gasteiger partial charge in [-0.05, 0) is 82.8 Å². The van der Waals surface area contributed by atoms with Crippen molar-refractivity contribution in [2.24, 2.45) is 0 Å². The zero-order valence-electron chi connectivity index (χ0n) is 13.9. The second-order valence-electron chi connectivity index (χ2n) is 5.47. The van der Waals surface area contributed by atoms with Crippen LogP contribution in [-0.4, -0.2) is 17.5 Å². The fraction of sp³-hybridized carbons (Fsp3) is 0.100. The van der Waals surface area contributed by atoms with Crippen molar-refractivity contribution in [3.63, 3.8) is 0 Å². The number of halogens is 1. The molecule has 0 saturated heterocycles. The number of pyridine rings is 1. The molecule has 0 aliphatic carbocycles. The van der Waals surface area contributed by atoms with Crippen LogP contribution in [0.25, 0.3) is 0 Å². The molecule has 0 radical (unpaired) electrons. The maximum atomic E-state index is 12.0. The van der Waals surface area contributed by atoms with Crippen LogP contribution in [0.15, 0.2) is 78.0 Å². The average molecular weight is 476 g/mol. The molecule has 0 saturated carbocycles. The van der Waals surface area contributed by atoms with E-state index in [1.54, 1.807) is 18.0 Å². The van der Waals surface area contributed by atoms with Gasteiger partial charge in [0.15, 0.2) is 6.61 Å². The third-order valence-corrected chi connectivity index (χ3v) is 5.25. The Hall–Kier alpha value is -2.06. The molecule has 26 heavy (non-hydrogen) atoms. The van der Waals surface area contributed by atoms with E-state index in [9.17, 15) is 4.79 Å². The van der Waals surface area contributed by atoms with Gasteiger partial charge in [0.05, 0.1) is 0 Å². The Balaban J connectivity index is 1.45. The Bertz CT molecular complexity index is 840. The lowest BCUT2D eigenvalue weighted by Gasteiger charge is -2.08. The van der Waals surface area contributed by atoms with Gasteiger partial charge in [-0.2, -0.15) is 0 Å². The summed E-state index contributed by atoms with van der Waals surface area (Å²) in [4.78, 5) is 17.3. The molecule has 0 atom stereocenters. The highest BCUT2D eigenvalue weighted by Gasteiger charge is 2.04. The van der Waals surface area contributed by atoms with Crippen molar-refractivity contribution >= 4 is 45.9 Å². The Morgan fingerprint density at radius 1 is 1.08 bits per heavy atom. The molecule has 0 spiro atoms. The summed E-state index contributed by atoms with van der Waals surface area (Å²) in [5.74, 6) is 1.37. The molecule has 1 N–H and O–H groups in total. The quantitative estimate of drug-likeness (QED) is 0.386. The van der Waals surface area contributed by atoms with Crippen LogP contribution in [0.1, 0.15) is 5.56 Å². The number of nitrogens with one attached hydrogen (secondary N) is 1. The van der Waals surface area contributed by atoms with Crippen molar-refractivity contribution in [3.8, 4) is 5.75 Å². The summed E-state index contributed by atoms with van der Waals surface area (Å²) >= 11 is 3.96. The third-order valence-electron chi connectivity index (χ3n) is 3.45. The Labute approximate surface area is 170 Å². The van der Waals surface area contributed by atoms with Crippen LogP contribution in [0, 0.1) is 3.57 Å². The summed E-state index contributed by atoms with van der Waals surface area (Å²) in [5.41, 5.74) is 1.94. The van der Waals surface area contributed by atoms with Gasteiger partial charge in [-0.25, -0.2) is 0 Å². The molecule has 1 amide bonds. The van der Waals surface area contributed by atoms with E-state index in [1.807, 2.05) is 60.8 Å². The number of ether oxygens (including phenoxy) is 1. The number of rotatable bonds is 7. The molecule has 0 aliphatic rings. The van der Waals surface area contributed by atoms with Gasteiger partial charge in [-0.3, -0.25) is 9.78 Å². The third kappa shape index (κ3) is 6.03. The Morgan fingerprint density at radius 2 is 1.85 bits per heavy atom. The number of anilines is 1. The number of aromatic nitrogens is 1. The molecule has 0 unspecified atom stereocenters. The predicted molar refractivity (Wildman–Crippen MR) is 114 cm³/mol. The summed E-state index contributed by atoms with van der Waals surface area (Å²) < 4.78 is 6.61. The van der Waals surface area contributed by atoms with Gasteiger partial charge in [0.25, 0.3) is 5.91 Å². The summed E-state index contributed by atoms with van der Waals surface area (Å²) in [6, 6.07) is 19.4. The van der Waals surface area contributed by atoms with Gasteiger partial charge in [-0.1, -0.05) is 6.07 Å². The van der Waals surface area contributed by atoms with E-state index < -0.39 is 0 Å². The monoisotopic (exact) mass is 476 g/mol. The fourth-order valence-corrected chi connectivity index (χ4v) is 3.35. The number of benzene rings is 2. The summed E-state index contributed by atoms with van der Waals surface area (Å²) in [7, 11) is 0.